The molecule has 0 saturated heterocycles. The van der Waals surface area contributed by atoms with Crippen molar-refractivity contribution in [1.29, 1.82) is 0 Å². The Kier molecular flexibility index (Phi) is 1.70. The van der Waals surface area contributed by atoms with E-state index in [9.17, 15) is 0 Å². The van der Waals surface area contributed by atoms with E-state index >= 15 is 0 Å². The Morgan fingerprint density at radius 2 is 1.47 bits per heavy atom. The van der Waals surface area contributed by atoms with Gasteiger partial charge in [-0.2, -0.15) is 10.2 Å². The second-order valence-electron chi connectivity index (χ2n) is 3.80. The summed E-state index contributed by atoms with van der Waals surface area (Å²) in [5, 5.41) is 8.74. The van der Waals surface area contributed by atoms with Crippen LogP contribution in [-0.2, 0) is 18.2 Å². The first-order valence-corrected chi connectivity index (χ1v) is 4.91. The number of rotatable bonds is 0. The summed E-state index contributed by atoms with van der Waals surface area (Å²) < 4.78 is 9.22. The van der Waals surface area contributed by atoms with Gasteiger partial charge in [-0.25, -0.2) is 9.36 Å². The Morgan fingerprint density at radius 3 is 1.93 bits per heavy atom. The fourth-order valence-corrected chi connectivity index (χ4v) is 1.91. The standard InChI is InChI=1S/C10H12N4O/c1-7-3-9-10-4-8(2)12-14(10)6-15-5-13(9)11-7/h3-4H,5-6H2,1-2H3. The van der Waals surface area contributed by atoms with Gasteiger partial charge in [-0.3, -0.25) is 0 Å². The number of aryl methyl sites for hydroxylation is 2. The minimum atomic E-state index is 0.492. The van der Waals surface area contributed by atoms with Crippen LogP contribution in [0.4, 0.5) is 0 Å². The lowest BCUT2D eigenvalue weighted by Gasteiger charge is -2.00. The summed E-state index contributed by atoms with van der Waals surface area (Å²) in [6, 6.07) is 4.11. The van der Waals surface area contributed by atoms with E-state index in [4.69, 9.17) is 4.74 Å². The van der Waals surface area contributed by atoms with Gasteiger partial charge in [0.15, 0.2) is 0 Å². The smallest absolute Gasteiger partial charge is 0.142 e. The average molecular weight is 204 g/mol. The lowest BCUT2D eigenvalue weighted by atomic mass is 10.2. The molecule has 0 fully saturated rings. The molecule has 2 aromatic heterocycles. The fraction of sp³-hybridized carbons (Fsp3) is 0.400. The van der Waals surface area contributed by atoms with Gasteiger partial charge >= 0.3 is 0 Å². The lowest BCUT2D eigenvalue weighted by Crippen LogP contribution is -2.04. The third-order valence-corrected chi connectivity index (χ3v) is 2.49. The third-order valence-electron chi connectivity index (χ3n) is 2.49. The monoisotopic (exact) mass is 204 g/mol. The van der Waals surface area contributed by atoms with Crippen LogP contribution in [0.1, 0.15) is 11.4 Å². The first-order valence-electron chi connectivity index (χ1n) is 4.91. The van der Waals surface area contributed by atoms with Gasteiger partial charge < -0.3 is 4.74 Å². The highest BCUT2D eigenvalue weighted by atomic mass is 16.5. The van der Waals surface area contributed by atoms with Crippen LogP contribution in [-0.4, -0.2) is 19.6 Å². The van der Waals surface area contributed by atoms with Gasteiger partial charge in [0.2, 0.25) is 0 Å². The highest BCUT2D eigenvalue weighted by Gasteiger charge is 2.17. The summed E-state index contributed by atoms with van der Waals surface area (Å²) in [4.78, 5) is 0. The van der Waals surface area contributed by atoms with Crippen molar-refractivity contribution in [3.05, 3.63) is 23.5 Å². The van der Waals surface area contributed by atoms with Crippen molar-refractivity contribution in [1.82, 2.24) is 19.6 Å². The van der Waals surface area contributed by atoms with Crippen molar-refractivity contribution in [3.63, 3.8) is 0 Å². The van der Waals surface area contributed by atoms with Gasteiger partial charge in [-0.15, -0.1) is 0 Å². The van der Waals surface area contributed by atoms with E-state index in [0.29, 0.717) is 13.5 Å². The first kappa shape index (κ1) is 8.67. The lowest BCUT2D eigenvalue weighted by molar-refractivity contribution is 0.0219. The molecule has 3 heterocycles. The third kappa shape index (κ3) is 1.27. The van der Waals surface area contributed by atoms with Crippen LogP contribution in [0.5, 0.6) is 0 Å². The van der Waals surface area contributed by atoms with Crippen molar-refractivity contribution in [2.75, 3.05) is 0 Å². The SMILES string of the molecule is Cc1cc2n(n1)COCn1nc(C)cc1-2. The minimum Gasteiger partial charge on any atom is -0.337 e. The topological polar surface area (TPSA) is 44.9 Å². The molecule has 78 valence electrons. The van der Waals surface area contributed by atoms with E-state index in [1.807, 2.05) is 23.2 Å². The molecule has 0 spiro atoms. The molecule has 3 rings (SSSR count). The van der Waals surface area contributed by atoms with Gasteiger partial charge in [0.25, 0.3) is 0 Å². The normalized spacial score (nSPS) is 14.5. The van der Waals surface area contributed by atoms with Crippen molar-refractivity contribution in [2.45, 2.75) is 27.3 Å². The fourth-order valence-electron chi connectivity index (χ4n) is 1.91. The predicted octanol–water partition coefficient (Wildman–Crippen LogP) is 1.31. The molecule has 0 unspecified atom stereocenters. The maximum absolute atomic E-state index is 5.48. The Labute approximate surface area is 87.3 Å². The zero-order valence-electron chi connectivity index (χ0n) is 8.77. The van der Waals surface area contributed by atoms with Crippen LogP contribution in [0.3, 0.4) is 0 Å². The van der Waals surface area contributed by atoms with E-state index in [0.717, 1.165) is 22.8 Å². The van der Waals surface area contributed by atoms with Crippen molar-refractivity contribution < 1.29 is 4.74 Å². The molecule has 0 radical (unpaired) electrons. The maximum atomic E-state index is 5.48. The van der Waals surface area contributed by atoms with Crippen LogP contribution in [0.2, 0.25) is 0 Å². The second kappa shape index (κ2) is 2.93. The molecule has 0 saturated carbocycles. The number of ether oxygens (including phenoxy) is 1. The first-order chi connectivity index (χ1) is 7.24. The summed E-state index contributed by atoms with van der Waals surface area (Å²) in [6.45, 7) is 4.95. The highest BCUT2D eigenvalue weighted by molar-refractivity contribution is 5.56. The Bertz CT molecular complexity index is 465. The molecule has 0 amide bonds. The number of fused-ring (bicyclic) bond motifs is 3. The van der Waals surface area contributed by atoms with Crippen LogP contribution in [0.25, 0.3) is 11.4 Å². The van der Waals surface area contributed by atoms with Gasteiger partial charge in [-0.05, 0) is 26.0 Å². The van der Waals surface area contributed by atoms with Crippen molar-refractivity contribution in [2.24, 2.45) is 0 Å². The Morgan fingerprint density at radius 1 is 1.00 bits per heavy atom. The molecular formula is C10H12N4O. The highest BCUT2D eigenvalue weighted by Crippen LogP contribution is 2.24. The maximum Gasteiger partial charge on any atom is 0.142 e. The molecule has 1 aliphatic heterocycles. The van der Waals surface area contributed by atoms with Gasteiger partial charge in [-0.1, -0.05) is 0 Å². The summed E-state index contributed by atoms with van der Waals surface area (Å²) in [7, 11) is 0. The minimum absolute atomic E-state index is 0.492. The Balaban J connectivity index is 2.25. The summed E-state index contributed by atoms with van der Waals surface area (Å²) in [5.74, 6) is 0. The van der Waals surface area contributed by atoms with Gasteiger partial charge in [0.1, 0.15) is 13.5 Å². The molecule has 0 aromatic carbocycles. The predicted molar refractivity (Wildman–Crippen MR) is 54.0 cm³/mol. The molecule has 5 nitrogen and oxygen atoms in total. The molecule has 15 heavy (non-hydrogen) atoms. The van der Waals surface area contributed by atoms with Crippen molar-refractivity contribution in [3.8, 4) is 11.4 Å². The van der Waals surface area contributed by atoms with Crippen LogP contribution >= 0.6 is 0 Å². The van der Waals surface area contributed by atoms with E-state index in [1.165, 1.54) is 0 Å². The average Bonchev–Trinajstić information content (AvgIpc) is 2.67. The summed E-state index contributed by atoms with van der Waals surface area (Å²) in [6.07, 6.45) is 0. The zero-order chi connectivity index (χ0) is 10.4. The molecule has 0 N–H and O–H groups in total. The zero-order valence-corrected chi connectivity index (χ0v) is 8.77. The molecule has 0 aliphatic carbocycles. The van der Waals surface area contributed by atoms with E-state index in [1.54, 1.807) is 0 Å². The van der Waals surface area contributed by atoms with Gasteiger partial charge in [0, 0.05) is 0 Å². The van der Waals surface area contributed by atoms with Crippen LogP contribution in [0, 0.1) is 13.8 Å². The molecule has 1 aliphatic rings. The Hall–Kier alpha value is -1.62. The summed E-state index contributed by atoms with van der Waals surface area (Å²) in [5.41, 5.74) is 4.15. The number of aromatic nitrogens is 4. The van der Waals surface area contributed by atoms with Gasteiger partial charge in [0.05, 0.1) is 22.8 Å². The molecule has 0 atom stereocenters. The summed E-state index contributed by atoms with van der Waals surface area (Å²) >= 11 is 0. The largest absolute Gasteiger partial charge is 0.337 e. The molecule has 0 bridgehead atoms. The quantitative estimate of drug-likeness (QED) is 0.650. The molecular weight excluding hydrogens is 192 g/mol. The number of hydrogen-bond donors (Lipinski definition) is 0. The van der Waals surface area contributed by atoms with Crippen molar-refractivity contribution >= 4 is 0 Å². The van der Waals surface area contributed by atoms with E-state index in [2.05, 4.69) is 22.3 Å². The molecule has 2 aromatic rings. The number of nitrogens with zero attached hydrogens (tertiary/aromatic N) is 4. The second-order valence-corrected chi connectivity index (χ2v) is 3.80. The van der Waals surface area contributed by atoms with Crippen LogP contribution < -0.4 is 0 Å². The van der Waals surface area contributed by atoms with E-state index < -0.39 is 0 Å². The number of hydrogen-bond acceptors (Lipinski definition) is 3. The van der Waals surface area contributed by atoms with E-state index in [-0.39, 0.29) is 0 Å². The van der Waals surface area contributed by atoms with Crippen LogP contribution in [0.15, 0.2) is 12.1 Å². The molecule has 5 heteroatoms.